The first-order valence-electron chi connectivity index (χ1n) is 7.40. The molecule has 6 heteroatoms. The van der Waals surface area contributed by atoms with Crippen molar-refractivity contribution in [1.82, 2.24) is 0 Å². The fourth-order valence-corrected chi connectivity index (χ4v) is 2.75. The van der Waals surface area contributed by atoms with Gasteiger partial charge < -0.3 is 10.1 Å². The molecule has 0 fully saturated rings. The highest BCUT2D eigenvalue weighted by Crippen LogP contribution is 2.22. The van der Waals surface area contributed by atoms with Crippen LogP contribution in [0.3, 0.4) is 0 Å². The molecule has 0 aliphatic heterocycles. The van der Waals surface area contributed by atoms with Gasteiger partial charge in [0, 0.05) is 4.90 Å². The van der Waals surface area contributed by atoms with E-state index in [9.17, 15) is 14.0 Å². The summed E-state index contributed by atoms with van der Waals surface area (Å²) in [5, 5.41) is 2.40. The van der Waals surface area contributed by atoms with Crippen molar-refractivity contribution in [1.29, 1.82) is 0 Å². The summed E-state index contributed by atoms with van der Waals surface area (Å²) in [6.45, 7) is 3.41. The number of ether oxygens (including phenoxy) is 1. The number of aryl methyl sites for hydroxylation is 1. The first-order valence-corrected chi connectivity index (χ1v) is 8.39. The van der Waals surface area contributed by atoms with E-state index in [0.717, 1.165) is 10.5 Å². The lowest BCUT2D eigenvalue weighted by atomic mass is 10.2. The standard InChI is InChI=1S/C18H18FNO3S/c1-12-7-3-6-10-16(12)24-11-17(21)23-13(2)18(22)20-15-9-5-4-8-14(15)19/h3-10,13H,11H2,1-2H3,(H,20,22)/t13-/m1/s1. The maximum atomic E-state index is 13.5. The molecule has 0 saturated heterocycles. The minimum atomic E-state index is -1.01. The molecule has 0 unspecified atom stereocenters. The van der Waals surface area contributed by atoms with Crippen molar-refractivity contribution < 1.29 is 18.7 Å². The van der Waals surface area contributed by atoms with Crippen LogP contribution in [0.15, 0.2) is 53.4 Å². The Kier molecular flexibility index (Phi) is 6.37. The molecular formula is C18H18FNO3S. The van der Waals surface area contributed by atoms with E-state index >= 15 is 0 Å². The molecule has 0 saturated carbocycles. The van der Waals surface area contributed by atoms with Crippen LogP contribution in [0.2, 0.25) is 0 Å². The van der Waals surface area contributed by atoms with Crippen molar-refractivity contribution in [3.63, 3.8) is 0 Å². The quantitative estimate of drug-likeness (QED) is 0.638. The topological polar surface area (TPSA) is 55.4 Å². The first-order chi connectivity index (χ1) is 11.5. The maximum absolute atomic E-state index is 13.5. The fourth-order valence-electron chi connectivity index (χ4n) is 1.94. The zero-order chi connectivity index (χ0) is 17.5. The molecule has 0 aromatic heterocycles. The van der Waals surface area contributed by atoms with Gasteiger partial charge in [-0.05, 0) is 37.6 Å². The Morgan fingerprint density at radius 1 is 1.17 bits per heavy atom. The van der Waals surface area contributed by atoms with Gasteiger partial charge in [0.25, 0.3) is 5.91 Å². The molecule has 0 heterocycles. The zero-order valence-corrected chi connectivity index (χ0v) is 14.2. The lowest BCUT2D eigenvalue weighted by molar-refractivity contribution is -0.150. The van der Waals surface area contributed by atoms with E-state index in [4.69, 9.17) is 4.74 Å². The number of rotatable bonds is 6. The summed E-state index contributed by atoms with van der Waals surface area (Å²) in [4.78, 5) is 24.8. The van der Waals surface area contributed by atoms with Gasteiger partial charge in [-0.1, -0.05) is 30.3 Å². The van der Waals surface area contributed by atoms with E-state index in [1.165, 1.54) is 36.9 Å². The Balaban J connectivity index is 1.84. The highest BCUT2D eigenvalue weighted by atomic mass is 32.2. The van der Waals surface area contributed by atoms with Crippen LogP contribution < -0.4 is 5.32 Å². The molecule has 24 heavy (non-hydrogen) atoms. The van der Waals surface area contributed by atoms with Crippen molar-refractivity contribution >= 4 is 29.3 Å². The van der Waals surface area contributed by atoms with E-state index in [2.05, 4.69) is 5.32 Å². The SMILES string of the molecule is Cc1ccccc1SCC(=O)O[C@H](C)C(=O)Nc1ccccc1F. The van der Waals surface area contributed by atoms with Crippen LogP contribution in [0.5, 0.6) is 0 Å². The molecule has 0 aliphatic rings. The molecule has 126 valence electrons. The van der Waals surface area contributed by atoms with E-state index in [0.29, 0.717) is 0 Å². The van der Waals surface area contributed by atoms with Gasteiger partial charge in [0.15, 0.2) is 6.10 Å². The second-order valence-corrected chi connectivity index (χ2v) is 6.17. The maximum Gasteiger partial charge on any atom is 0.317 e. The summed E-state index contributed by atoms with van der Waals surface area (Å²) in [5.74, 6) is -1.52. The predicted molar refractivity (Wildman–Crippen MR) is 92.5 cm³/mol. The number of para-hydroxylation sites is 1. The van der Waals surface area contributed by atoms with Crippen LogP contribution in [0.1, 0.15) is 12.5 Å². The summed E-state index contributed by atoms with van der Waals surface area (Å²) in [5.41, 5.74) is 1.13. The van der Waals surface area contributed by atoms with Crippen LogP contribution in [-0.4, -0.2) is 23.7 Å². The van der Waals surface area contributed by atoms with Gasteiger partial charge in [-0.2, -0.15) is 0 Å². The molecule has 4 nitrogen and oxygen atoms in total. The smallest absolute Gasteiger partial charge is 0.317 e. The van der Waals surface area contributed by atoms with Crippen molar-refractivity contribution in [2.24, 2.45) is 0 Å². The highest BCUT2D eigenvalue weighted by Gasteiger charge is 2.19. The van der Waals surface area contributed by atoms with Gasteiger partial charge >= 0.3 is 5.97 Å². The average Bonchev–Trinajstić information content (AvgIpc) is 2.56. The van der Waals surface area contributed by atoms with E-state index in [1.54, 1.807) is 6.07 Å². The number of carbonyl (C=O) groups excluding carboxylic acids is 2. The molecule has 0 spiro atoms. The second kappa shape index (κ2) is 8.49. The predicted octanol–water partition coefficient (Wildman–Crippen LogP) is 3.80. The number of thioether (sulfide) groups is 1. The molecule has 2 aromatic rings. The first kappa shape index (κ1) is 18.0. The number of hydrogen-bond acceptors (Lipinski definition) is 4. The van der Waals surface area contributed by atoms with Gasteiger partial charge in [0.1, 0.15) is 5.82 Å². The lowest BCUT2D eigenvalue weighted by Crippen LogP contribution is -2.30. The van der Waals surface area contributed by atoms with E-state index in [-0.39, 0.29) is 11.4 Å². The van der Waals surface area contributed by atoms with Crippen molar-refractivity contribution in [2.75, 3.05) is 11.1 Å². The minimum absolute atomic E-state index is 0.0553. The number of benzene rings is 2. The molecule has 0 bridgehead atoms. The van der Waals surface area contributed by atoms with Crippen LogP contribution in [0.4, 0.5) is 10.1 Å². The third-order valence-corrected chi connectivity index (χ3v) is 4.40. The van der Waals surface area contributed by atoms with Gasteiger partial charge in [0.05, 0.1) is 11.4 Å². The second-order valence-electron chi connectivity index (χ2n) is 5.16. The normalized spacial score (nSPS) is 11.6. The van der Waals surface area contributed by atoms with E-state index < -0.39 is 23.8 Å². The zero-order valence-electron chi connectivity index (χ0n) is 13.4. The highest BCUT2D eigenvalue weighted by molar-refractivity contribution is 8.00. The Morgan fingerprint density at radius 2 is 1.83 bits per heavy atom. The molecule has 0 radical (unpaired) electrons. The minimum Gasteiger partial charge on any atom is -0.452 e. The number of esters is 1. The monoisotopic (exact) mass is 347 g/mol. The third kappa shape index (κ3) is 5.09. The summed E-state index contributed by atoms with van der Waals surface area (Å²) >= 11 is 1.35. The molecule has 1 amide bonds. The molecule has 2 aromatic carbocycles. The Bertz CT molecular complexity index is 736. The average molecular weight is 347 g/mol. The Labute approximate surface area is 144 Å². The summed E-state index contributed by atoms with van der Waals surface area (Å²) in [6, 6.07) is 13.5. The van der Waals surface area contributed by atoms with Gasteiger partial charge in [-0.25, -0.2) is 4.39 Å². The summed E-state index contributed by atoms with van der Waals surface area (Å²) in [6.07, 6.45) is -1.01. The Morgan fingerprint density at radius 3 is 2.54 bits per heavy atom. The summed E-state index contributed by atoms with van der Waals surface area (Å²) < 4.78 is 18.6. The van der Waals surface area contributed by atoms with E-state index in [1.807, 2.05) is 31.2 Å². The van der Waals surface area contributed by atoms with Crippen LogP contribution in [-0.2, 0) is 14.3 Å². The summed E-state index contributed by atoms with van der Waals surface area (Å²) in [7, 11) is 0. The number of halogens is 1. The molecule has 1 atom stereocenters. The number of carbonyl (C=O) groups is 2. The number of nitrogens with one attached hydrogen (secondary N) is 1. The van der Waals surface area contributed by atoms with Crippen LogP contribution in [0, 0.1) is 12.7 Å². The van der Waals surface area contributed by atoms with Crippen LogP contribution >= 0.6 is 11.8 Å². The van der Waals surface area contributed by atoms with Gasteiger partial charge in [-0.3, -0.25) is 9.59 Å². The molecule has 0 aliphatic carbocycles. The van der Waals surface area contributed by atoms with Crippen molar-refractivity contribution in [3.05, 3.63) is 59.9 Å². The largest absolute Gasteiger partial charge is 0.452 e. The lowest BCUT2D eigenvalue weighted by Gasteiger charge is -2.14. The fraction of sp³-hybridized carbons (Fsp3) is 0.222. The van der Waals surface area contributed by atoms with Crippen molar-refractivity contribution in [2.45, 2.75) is 24.8 Å². The van der Waals surface area contributed by atoms with Crippen molar-refractivity contribution in [3.8, 4) is 0 Å². The number of amides is 1. The molecule has 1 N–H and O–H groups in total. The van der Waals surface area contributed by atoms with Crippen LogP contribution in [0.25, 0.3) is 0 Å². The van der Waals surface area contributed by atoms with Gasteiger partial charge in [0.2, 0.25) is 0 Å². The molecule has 2 rings (SSSR count). The number of hydrogen-bond donors (Lipinski definition) is 1. The Hall–Kier alpha value is -2.34. The number of anilines is 1. The third-order valence-electron chi connectivity index (χ3n) is 3.25. The molecular weight excluding hydrogens is 329 g/mol. The van der Waals surface area contributed by atoms with Gasteiger partial charge in [-0.15, -0.1) is 11.8 Å².